The van der Waals surface area contributed by atoms with E-state index in [9.17, 15) is 9.59 Å². The molecule has 4 aromatic rings. The Bertz CT molecular complexity index is 1620. The zero-order valence-corrected chi connectivity index (χ0v) is 24.0. The number of hydrogen-bond donors (Lipinski definition) is 1. The van der Waals surface area contributed by atoms with Crippen LogP contribution in [0.4, 0.5) is 0 Å². The van der Waals surface area contributed by atoms with Crippen molar-refractivity contribution in [2.75, 3.05) is 34.2 Å². The first kappa shape index (κ1) is 28.3. The molecule has 2 amide bonds. The zero-order chi connectivity index (χ0) is 29.8. The van der Waals surface area contributed by atoms with E-state index < -0.39 is 6.04 Å². The van der Waals surface area contributed by atoms with Crippen molar-refractivity contribution in [2.24, 2.45) is 0 Å². The maximum absolute atomic E-state index is 14.3. The molecule has 1 saturated heterocycles. The summed E-state index contributed by atoms with van der Waals surface area (Å²) in [6, 6.07) is 17.0. The van der Waals surface area contributed by atoms with Crippen molar-refractivity contribution in [1.82, 2.24) is 25.2 Å². The second kappa shape index (κ2) is 12.6. The van der Waals surface area contributed by atoms with Crippen LogP contribution in [-0.2, 0) is 27.4 Å². The number of hydrogen-bond acceptors (Lipinski definition) is 9. The second-order valence-corrected chi connectivity index (χ2v) is 10.3. The molecule has 224 valence electrons. The van der Waals surface area contributed by atoms with Crippen molar-refractivity contribution in [3.8, 4) is 23.0 Å². The van der Waals surface area contributed by atoms with Gasteiger partial charge in [-0.1, -0.05) is 23.4 Å². The summed E-state index contributed by atoms with van der Waals surface area (Å²) in [6.45, 7) is 1.07. The van der Waals surface area contributed by atoms with E-state index in [0.717, 1.165) is 18.4 Å². The average molecular weight is 588 g/mol. The number of para-hydroxylation sites is 1. The molecule has 0 aliphatic carbocycles. The fraction of sp³-hybridized carbons (Fsp3) is 0.355. The third-order valence-electron chi connectivity index (χ3n) is 7.64. The number of amides is 2. The molecule has 12 heteroatoms. The number of benzene rings is 3. The Kier molecular flexibility index (Phi) is 8.27. The SMILES string of the molecule is COc1ccc(C(C(=O)NCC2CCCO2)N(Cc2ccc3c(c2)OCO3)C(=O)Cn2nnc3ccccc32)c(OC)c1. The predicted molar refractivity (Wildman–Crippen MR) is 155 cm³/mol. The molecular weight excluding hydrogens is 554 g/mol. The summed E-state index contributed by atoms with van der Waals surface area (Å²) in [6.07, 6.45) is 1.72. The number of ether oxygens (including phenoxy) is 5. The van der Waals surface area contributed by atoms with Gasteiger partial charge < -0.3 is 33.9 Å². The molecule has 3 aromatic carbocycles. The molecule has 0 radical (unpaired) electrons. The standard InChI is InChI=1S/C31H33N5O7/c1-39-21-10-11-23(27(15-21)40-2)30(31(38)32-16-22-6-5-13-41-22)35(17-20-9-12-26-28(14-20)43-19-42-26)29(37)18-36-25-8-4-3-7-24(25)33-34-36/h3-4,7-12,14-15,22,30H,5-6,13,16-19H2,1-2H3,(H,32,38). The van der Waals surface area contributed by atoms with Gasteiger partial charge >= 0.3 is 0 Å². The van der Waals surface area contributed by atoms with E-state index in [0.29, 0.717) is 52.7 Å². The Morgan fingerprint density at radius 1 is 1.07 bits per heavy atom. The minimum absolute atomic E-state index is 0.0816. The van der Waals surface area contributed by atoms with Crippen LogP contribution in [0.25, 0.3) is 11.0 Å². The van der Waals surface area contributed by atoms with Gasteiger partial charge in [0.2, 0.25) is 18.6 Å². The minimum atomic E-state index is -1.06. The second-order valence-electron chi connectivity index (χ2n) is 10.3. The van der Waals surface area contributed by atoms with Crippen LogP contribution in [0.15, 0.2) is 60.7 Å². The fourth-order valence-corrected chi connectivity index (χ4v) is 5.42. The maximum atomic E-state index is 14.3. The molecule has 1 N–H and O–H groups in total. The molecular formula is C31H33N5O7. The summed E-state index contributed by atoms with van der Waals surface area (Å²) in [7, 11) is 3.07. The lowest BCUT2D eigenvalue weighted by Gasteiger charge is -2.32. The van der Waals surface area contributed by atoms with Crippen LogP contribution in [0, 0.1) is 0 Å². The number of nitrogens with one attached hydrogen (secondary N) is 1. The van der Waals surface area contributed by atoms with Gasteiger partial charge in [-0.3, -0.25) is 9.59 Å². The quantitative estimate of drug-likeness (QED) is 0.281. The van der Waals surface area contributed by atoms with Crippen LogP contribution in [-0.4, -0.2) is 72.0 Å². The van der Waals surface area contributed by atoms with Gasteiger partial charge in [-0.2, -0.15) is 0 Å². The minimum Gasteiger partial charge on any atom is -0.497 e. The first-order chi connectivity index (χ1) is 21.0. The van der Waals surface area contributed by atoms with E-state index in [4.69, 9.17) is 23.7 Å². The lowest BCUT2D eigenvalue weighted by atomic mass is 10.0. The molecule has 0 bridgehead atoms. The van der Waals surface area contributed by atoms with Gasteiger partial charge in [-0.15, -0.1) is 5.10 Å². The third-order valence-corrected chi connectivity index (χ3v) is 7.64. The Morgan fingerprint density at radius 2 is 1.93 bits per heavy atom. The largest absolute Gasteiger partial charge is 0.497 e. The number of aromatic nitrogens is 3. The van der Waals surface area contributed by atoms with Crippen molar-refractivity contribution in [3.05, 3.63) is 71.8 Å². The fourth-order valence-electron chi connectivity index (χ4n) is 5.42. The van der Waals surface area contributed by atoms with Gasteiger partial charge in [0.1, 0.15) is 29.6 Å². The molecule has 1 aromatic heterocycles. The smallest absolute Gasteiger partial charge is 0.247 e. The lowest BCUT2D eigenvalue weighted by Crippen LogP contribution is -2.46. The summed E-state index contributed by atoms with van der Waals surface area (Å²) in [5.74, 6) is 1.46. The molecule has 0 saturated carbocycles. The molecule has 43 heavy (non-hydrogen) atoms. The third kappa shape index (κ3) is 6.05. The van der Waals surface area contributed by atoms with Gasteiger partial charge in [-0.25, -0.2) is 4.68 Å². The topological polar surface area (TPSA) is 126 Å². The van der Waals surface area contributed by atoms with Crippen LogP contribution in [0.5, 0.6) is 23.0 Å². The highest BCUT2D eigenvalue weighted by atomic mass is 16.7. The molecule has 12 nitrogen and oxygen atoms in total. The van der Waals surface area contributed by atoms with Crippen LogP contribution in [0.1, 0.15) is 30.0 Å². The molecule has 6 rings (SSSR count). The highest BCUT2D eigenvalue weighted by Crippen LogP contribution is 2.36. The maximum Gasteiger partial charge on any atom is 0.247 e. The lowest BCUT2D eigenvalue weighted by molar-refractivity contribution is -0.142. The molecule has 2 aliphatic heterocycles. The number of methoxy groups -OCH3 is 2. The summed E-state index contributed by atoms with van der Waals surface area (Å²) >= 11 is 0. The zero-order valence-electron chi connectivity index (χ0n) is 24.0. The van der Waals surface area contributed by atoms with Crippen LogP contribution >= 0.6 is 0 Å². The van der Waals surface area contributed by atoms with Gasteiger partial charge in [0.25, 0.3) is 0 Å². The van der Waals surface area contributed by atoms with Crippen molar-refractivity contribution in [1.29, 1.82) is 0 Å². The summed E-state index contributed by atoms with van der Waals surface area (Å²) < 4.78 is 29.5. The Labute approximate surface area is 248 Å². The Hall–Kier alpha value is -4.84. The van der Waals surface area contributed by atoms with Crippen LogP contribution < -0.4 is 24.3 Å². The summed E-state index contributed by atoms with van der Waals surface area (Å²) in [4.78, 5) is 30.0. The van der Waals surface area contributed by atoms with E-state index in [2.05, 4.69) is 15.6 Å². The number of carbonyl (C=O) groups excluding carboxylic acids is 2. The highest BCUT2D eigenvalue weighted by molar-refractivity contribution is 5.90. The highest BCUT2D eigenvalue weighted by Gasteiger charge is 2.35. The first-order valence-electron chi connectivity index (χ1n) is 14.1. The molecule has 2 aliphatic rings. The number of fused-ring (bicyclic) bond motifs is 2. The van der Waals surface area contributed by atoms with E-state index in [1.807, 2.05) is 36.4 Å². The number of rotatable bonds is 11. The van der Waals surface area contributed by atoms with Crippen molar-refractivity contribution >= 4 is 22.8 Å². The average Bonchev–Trinajstić information content (AvgIpc) is 3.81. The normalized spacial score (nSPS) is 16.2. The molecule has 3 heterocycles. The number of nitrogens with zero attached hydrogens (tertiary/aromatic N) is 4. The molecule has 2 atom stereocenters. The van der Waals surface area contributed by atoms with E-state index in [1.54, 1.807) is 31.4 Å². The van der Waals surface area contributed by atoms with Crippen molar-refractivity contribution < 1.29 is 33.3 Å². The molecule has 1 fully saturated rings. The molecule has 0 spiro atoms. The summed E-state index contributed by atoms with van der Waals surface area (Å²) in [5, 5.41) is 11.4. The van der Waals surface area contributed by atoms with Crippen LogP contribution in [0.3, 0.4) is 0 Å². The van der Waals surface area contributed by atoms with E-state index >= 15 is 0 Å². The Morgan fingerprint density at radius 3 is 2.74 bits per heavy atom. The van der Waals surface area contributed by atoms with Crippen molar-refractivity contribution in [3.63, 3.8) is 0 Å². The summed E-state index contributed by atoms with van der Waals surface area (Å²) in [5.41, 5.74) is 2.64. The van der Waals surface area contributed by atoms with Crippen molar-refractivity contribution in [2.45, 2.75) is 38.1 Å². The Balaban J connectivity index is 1.40. The van der Waals surface area contributed by atoms with Gasteiger partial charge in [0.05, 0.1) is 25.8 Å². The number of carbonyl (C=O) groups is 2. The van der Waals surface area contributed by atoms with Gasteiger partial charge in [-0.05, 0) is 54.8 Å². The first-order valence-corrected chi connectivity index (χ1v) is 14.1. The predicted octanol–water partition coefficient (Wildman–Crippen LogP) is 3.24. The molecule has 2 unspecified atom stereocenters. The van der Waals surface area contributed by atoms with Crippen LogP contribution in [0.2, 0.25) is 0 Å². The van der Waals surface area contributed by atoms with E-state index in [-0.39, 0.29) is 37.8 Å². The van der Waals surface area contributed by atoms with Gasteiger partial charge in [0, 0.05) is 31.3 Å². The monoisotopic (exact) mass is 587 g/mol. The van der Waals surface area contributed by atoms with E-state index in [1.165, 1.54) is 16.7 Å². The van der Waals surface area contributed by atoms with Gasteiger partial charge in [0.15, 0.2) is 11.5 Å².